The van der Waals surface area contributed by atoms with Crippen molar-refractivity contribution in [1.29, 1.82) is 0 Å². The van der Waals surface area contributed by atoms with Crippen LogP contribution in [-0.4, -0.2) is 11.6 Å². The van der Waals surface area contributed by atoms with Crippen LogP contribution in [0.5, 0.6) is 0 Å². The van der Waals surface area contributed by atoms with Crippen LogP contribution in [0.25, 0.3) is 0 Å². The molecule has 2 N–H and O–H groups in total. The fourth-order valence-corrected chi connectivity index (χ4v) is 3.06. The summed E-state index contributed by atoms with van der Waals surface area (Å²) in [5, 5.41) is 0. The zero-order valence-electron chi connectivity index (χ0n) is 13.8. The van der Waals surface area contributed by atoms with E-state index in [4.69, 9.17) is 10.5 Å². The highest BCUT2D eigenvalue weighted by molar-refractivity contribution is 5.89. The third-order valence-corrected chi connectivity index (χ3v) is 4.07. The largest absolute Gasteiger partial charge is 0.456 e. The minimum atomic E-state index is -0.469. The second-order valence-corrected chi connectivity index (χ2v) is 7.98. The zero-order valence-corrected chi connectivity index (χ0v) is 13.8. The number of carbonyl (C=O) groups excluding carboxylic acids is 1. The van der Waals surface area contributed by atoms with Crippen LogP contribution in [-0.2, 0) is 4.74 Å². The van der Waals surface area contributed by atoms with Crippen molar-refractivity contribution in [2.24, 2.45) is 17.1 Å². The number of benzene rings is 1. The van der Waals surface area contributed by atoms with Crippen LogP contribution in [0.1, 0.15) is 69.4 Å². The maximum absolute atomic E-state index is 12.0. The Labute approximate surface area is 127 Å². The van der Waals surface area contributed by atoms with E-state index in [0.717, 1.165) is 5.56 Å². The Bertz CT molecular complexity index is 503. The van der Waals surface area contributed by atoms with Crippen LogP contribution in [0.3, 0.4) is 0 Å². The fraction of sp³-hybridized carbons (Fsp3) is 0.611. The second kappa shape index (κ2) is 5.45. The summed E-state index contributed by atoms with van der Waals surface area (Å²) in [5.74, 6) is 0.264. The molecule has 2 rings (SSSR count). The van der Waals surface area contributed by atoms with Gasteiger partial charge in [-0.25, -0.2) is 4.79 Å². The molecule has 1 aromatic rings. The molecular weight excluding hydrogens is 262 g/mol. The fourth-order valence-electron chi connectivity index (χ4n) is 3.06. The summed E-state index contributed by atoms with van der Waals surface area (Å²) < 4.78 is 5.36. The van der Waals surface area contributed by atoms with E-state index in [2.05, 4.69) is 13.8 Å². The van der Waals surface area contributed by atoms with E-state index in [1.807, 2.05) is 45.0 Å². The molecule has 3 nitrogen and oxygen atoms in total. The van der Waals surface area contributed by atoms with Crippen LogP contribution in [0, 0.1) is 11.3 Å². The predicted octanol–water partition coefficient (Wildman–Crippen LogP) is 4.08. The predicted molar refractivity (Wildman–Crippen MR) is 85.0 cm³/mol. The monoisotopic (exact) mass is 289 g/mol. The third-order valence-electron chi connectivity index (χ3n) is 4.07. The van der Waals surface area contributed by atoms with Gasteiger partial charge in [-0.2, -0.15) is 0 Å². The number of esters is 1. The lowest BCUT2D eigenvalue weighted by molar-refractivity contribution is 0.00695. The number of ether oxygens (including phenoxy) is 1. The minimum Gasteiger partial charge on any atom is -0.456 e. The van der Waals surface area contributed by atoms with Crippen molar-refractivity contribution < 1.29 is 9.53 Å². The first kappa shape index (κ1) is 16.0. The van der Waals surface area contributed by atoms with Crippen LogP contribution in [0.15, 0.2) is 24.3 Å². The summed E-state index contributed by atoms with van der Waals surface area (Å²) in [6.07, 6.45) is 2.34. The molecule has 1 fully saturated rings. The van der Waals surface area contributed by atoms with Gasteiger partial charge in [-0.05, 0) is 62.6 Å². The maximum atomic E-state index is 12.0. The first-order valence-corrected chi connectivity index (χ1v) is 7.66. The zero-order chi connectivity index (χ0) is 15.8. The van der Waals surface area contributed by atoms with Crippen LogP contribution in [0.2, 0.25) is 0 Å². The average Bonchev–Trinajstić information content (AvgIpc) is 2.33. The third kappa shape index (κ3) is 4.07. The lowest BCUT2D eigenvalue weighted by atomic mass is 9.61. The van der Waals surface area contributed by atoms with Gasteiger partial charge in [-0.15, -0.1) is 0 Å². The standard InChI is InChI=1S/C18H27NO2/c1-17(2,3)21-16(20)13-8-6-12(7-9-13)15(19)14-10-18(4,5)11-14/h6-9,14-15H,10-11,19H2,1-5H3. The SMILES string of the molecule is CC1(C)CC(C(N)c2ccc(C(=O)OC(C)(C)C)cc2)C1. The molecule has 0 amide bonds. The second-order valence-electron chi connectivity index (χ2n) is 7.98. The molecule has 0 bridgehead atoms. The normalized spacial score (nSPS) is 19.7. The molecule has 0 aliphatic heterocycles. The molecular formula is C18H27NO2. The molecule has 1 unspecified atom stereocenters. The van der Waals surface area contributed by atoms with Gasteiger partial charge >= 0.3 is 5.97 Å². The molecule has 0 aromatic heterocycles. The summed E-state index contributed by atoms with van der Waals surface area (Å²) in [6.45, 7) is 10.2. The van der Waals surface area contributed by atoms with Gasteiger partial charge in [0.2, 0.25) is 0 Å². The average molecular weight is 289 g/mol. The van der Waals surface area contributed by atoms with E-state index in [-0.39, 0.29) is 12.0 Å². The van der Waals surface area contributed by atoms with Gasteiger partial charge in [-0.3, -0.25) is 0 Å². The lowest BCUT2D eigenvalue weighted by Gasteiger charge is -2.45. The van der Waals surface area contributed by atoms with Gasteiger partial charge in [0.1, 0.15) is 5.60 Å². The number of hydrogen-bond donors (Lipinski definition) is 1. The molecule has 3 heteroatoms. The minimum absolute atomic E-state index is 0.0608. The summed E-state index contributed by atoms with van der Waals surface area (Å²) in [7, 11) is 0. The molecule has 1 atom stereocenters. The summed E-state index contributed by atoms with van der Waals surface area (Å²) in [6, 6.07) is 7.59. The Hall–Kier alpha value is -1.35. The van der Waals surface area contributed by atoms with Crippen molar-refractivity contribution in [3.63, 3.8) is 0 Å². The van der Waals surface area contributed by atoms with E-state index < -0.39 is 5.60 Å². The maximum Gasteiger partial charge on any atom is 0.338 e. The van der Waals surface area contributed by atoms with Crippen molar-refractivity contribution in [3.8, 4) is 0 Å². The topological polar surface area (TPSA) is 52.3 Å². The Kier molecular flexibility index (Phi) is 4.16. The molecule has 0 radical (unpaired) electrons. The number of hydrogen-bond acceptors (Lipinski definition) is 3. The first-order valence-electron chi connectivity index (χ1n) is 7.66. The van der Waals surface area contributed by atoms with Crippen LogP contribution < -0.4 is 5.73 Å². The first-order chi connectivity index (χ1) is 9.57. The summed E-state index contributed by atoms with van der Waals surface area (Å²) in [5.41, 5.74) is 7.97. The van der Waals surface area contributed by atoms with Crippen molar-refractivity contribution in [1.82, 2.24) is 0 Å². The smallest absolute Gasteiger partial charge is 0.338 e. The molecule has 0 spiro atoms. The Morgan fingerprint density at radius 1 is 1.24 bits per heavy atom. The van der Waals surface area contributed by atoms with Gasteiger partial charge in [0, 0.05) is 6.04 Å². The van der Waals surface area contributed by atoms with E-state index >= 15 is 0 Å². The molecule has 1 aliphatic carbocycles. The molecule has 1 saturated carbocycles. The highest BCUT2D eigenvalue weighted by atomic mass is 16.6. The number of carbonyl (C=O) groups is 1. The quantitative estimate of drug-likeness (QED) is 0.853. The van der Waals surface area contributed by atoms with Crippen LogP contribution >= 0.6 is 0 Å². The number of nitrogens with two attached hydrogens (primary N) is 1. The van der Waals surface area contributed by atoms with Crippen molar-refractivity contribution in [2.45, 2.75) is 59.1 Å². The van der Waals surface area contributed by atoms with Gasteiger partial charge in [0.15, 0.2) is 0 Å². The van der Waals surface area contributed by atoms with Gasteiger partial charge in [0.05, 0.1) is 5.56 Å². The van der Waals surface area contributed by atoms with Gasteiger partial charge in [0.25, 0.3) is 0 Å². The molecule has 21 heavy (non-hydrogen) atoms. The highest BCUT2D eigenvalue weighted by Crippen LogP contribution is 2.49. The molecule has 116 valence electrons. The summed E-state index contributed by atoms with van der Waals surface area (Å²) in [4.78, 5) is 12.0. The van der Waals surface area contributed by atoms with E-state index in [1.165, 1.54) is 12.8 Å². The lowest BCUT2D eigenvalue weighted by Crippen LogP contribution is -2.38. The van der Waals surface area contributed by atoms with Crippen molar-refractivity contribution >= 4 is 5.97 Å². The van der Waals surface area contributed by atoms with E-state index in [9.17, 15) is 4.79 Å². The van der Waals surface area contributed by atoms with E-state index in [1.54, 1.807) is 0 Å². The van der Waals surface area contributed by atoms with Crippen LogP contribution in [0.4, 0.5) is 0 Å². The van der Waals surface area contributed by atoms with E-state index in [0.29, 0.717) is 16.9 Å². The molecule has 1 aromatic carbocycles. The number of rotatable bonds is 3. The molecule has 0 saturated heterocycles. The summed E-state index contributed by atoms with van der Waals surface area (Å²) >= 11 is 0. The Morgan fingerprint density at radius 3 is 2.19 bits per heavy atom. The van der Waals surface area contributed by atoms with Crippen molar-refractivity contribution in [2.75, 3.05) is 0 Å². The Morgan fingerprint density at radius 2 is 1.76 bits per heavy atom. The van der Waals surface area contributed by atoms with Gasteiger partial charge < -0.3 is 10.5 Å². The molecule has 1 aliphatic rings. The Balaban J connectivity index is 2.01. The van der Waals surface area contributed by atoms with Crippen molar-refractivity contribution in [3.05, 3.63) is 35.4 Å². The van der Waals surface area contributed by atoms with Gasteiger partial charge in [-0.1, -0.05) is 26.0 Å². The highest BCUT2D eigenvalue weighted by Gasteiger charge is 2.39. The molecule has 0 heterocycles.